The van der Waals surface area contributed by atoms with Crippen LogP contribution in [0.3, 0.4) is 0 Å². The number of carboxylic acids is 1. The molecule has 3 atom stereocenters. The van der Waals surface area contributed by atoms with Crippen molar-refractivity contribution in [1.82, 2.24) is 20.1 Å². The van der Waals surface area contributed by atoms with Crippen molar-refractivity contribution < 1.29 is 47.2 Å². The van der Waals surface area contributed by atoms with Crippen LogP contribution in [0.25, 0.3) is 11.1 Å². The van der Waals surface area contributed by atoms with Crippen LogP contribution < -0.4 is 16.4 Å². The molecule has 3 aromatic rings. The van der Waals surface area contributed by atoms with Gasteiger partial charge in [-0.25, -0.2) is 13.6 Å². The van der Waals surface area contributed by atoms with Gasteiger partial charge >= 0.3 is 5.97 Å². The second-order valence-electron chi connectivity index (χ2n) is 15.5. The number of aromatic nitrogens is 1. The highest BCUT2D eigenvalue weighted by atomic mass is 32.2. The van der Waals surface area contributed by atoms with Crippen molar-refractivity contribution in [2.24, 2.45) is 17.1 Å². The zero-order valence-electron chi connectivity index (χ0n) is 34.5. The van der Waals surface area contributed by atoms with Crippen molar-refractivity contribution in [3.63, 3.8) is 0 Å². The molecule has 0 saturated carbocycles. The lowest BCUT2D eigenvalue weighted by atomic mass is 9.82. The summed E-state index contributed by atoms with van der Waals surface area (Å²) in [5, 5.41) is 15.9. The van der Waals surface area contributed by atoms with Gasteiger partial charge in [0.2, 0.25) is 11.8 Å². The van der Waals surface area contributed by atoms with Crippen LogP contribution in [0.2, 0.25) is 0 Å². The molecule has 2 amide bonds. The van der Waals surface area contributed by atoms with E-state index in [1.54, 1.807) is 0 Å². The van der Waals surface area contributed by atoms with Gasteiger partial charge in [0.15, 0.2) is 0 Å². The van der Waals surface area contributed by atoms with E-state index in [-0.39, 0.29) is 48.5 Å². The Morgan fingerprint density at radius 3 is 2.24 bits per heavy atom. The quantitative estimate of drug-likeness (QED) is 0.0785. The van der Waals surface area contributed by atoms with Gasteiger partial charge in [-0.15, -0.1) is 11.8 Å². The molecule has 16 heteroatoms. The summed E-state index contributed by atoms with van der Waals surface area (Å²) in [5.41, 5.74) is 7.23. The number of carbonyl (C=O) groups excluding carboxylic acids is 2. The minimum atomic E-state index is -1.22. The fourth-order valence-corrected chi connectivity index (χ4v) is 7.83. The molecule has 0 radical (unpaired) electrons. The number of nitrogens with two attached hydrogens (primary N) is 1. The standard InChI is InChI=1S/C43H61F2N5O8S/c1-43(2,3)41(38-23-33(35-24-34(44)9-10-36(35)45)28-49(38)26-31-7-5-4-6-8-31)50(27-32-11-14-47-25-32)40(52)30-59-29-37(42(53)54)48-39(51)12-15-55-17-19-57-21-22-58-20-18-56-16-13-46/h4-10,23-24,28,32,37,41,47H,11-22,25-27,29-30,46H2,1-3H3,(H,48,51)(H,53,54)/t32?,37-,41-/m0/s1. The van der Waals surface area contributed by atoms with Crippen molar-refractivity contribution in [3.05, 3.63) is 83.7 Å². The zero-order valence-corrected chi connectivity index (χ0v) is 35.3. The fourth-order valence-electron chi connectivity index (χ4n) is 6.91. The molecular weight excluding hydrogens is 785 g/mol. The van der Waals surface area contributed by atoms with Crippen LogP contribution in [0.15, 0.2) is 60.8 Å². The van der Waals surface area contributed by atoms with E-state index in [1.165, 1.54) is 6.07 Å². The molecule has 1 saturated heterocycles. The predicted octanol–water partition coefficient (Wildman–Crippen LogP) is 4.72. The third kappa shape index (κ3) is 16.2. The summed E-state index contributed by atoms with van der Waals surface area (Å²) in [4.78, 5) is 41.2. The summed E-state index contributed by atoms with van der Waals surface area (Å²) in [6, 6.07) is 13.3. The predicted molar refractivity (Wildman–Crippen MR) is 224 cm³/mol. The number of carbonyl (C=O) groups is 3. The second-order valence-corrected chi connectivity index (χ2v) is 16.6. The van der Waals surface area contributed by atoms with Gasteiger partial charge < -0.3 is 49.9 Å². The van der Waals surface area contributed by atoms with E-state index in [0.29, 0.717) is 64.8 Å². The molecule has 1 aliphatic heterocycles. The van der Waals surface area contributed by atoms with Crippen molar-refractivity contribution in [2.45, 2.75) is 52.2 Å². The number of ether oxygens (including phenoxy) is 4. The Kier molecular flexibility index (Phi) is 20.3. The van der Waals surface area contributed by atoms with Gasteiger partial charge in [0.1, 0.15) is 17.7 Å². The largest absolute Gasteiger partial charge is 0.480 e. The number of amides is 2. The average molecular weight is 846 g/mol. The molecule has 59 heavy (non-hydrogen) atoms. The summed E-state index contributed by atoms with van der Waals surface area (Å²) in [6.07, 6.45) is 2.65. The van der Waals surface area contributed by atoms with Crippen LogP contribution in [0.4, 0.5) is 8.78 Å². The van der Waals surface area contributed by atoms with E-state index in [2.05, 4.69) is 10.6 Å². The lowest BCUT2D eigenvalue weighted by Gasteiger charge is -2.42. The van der Waals surface area contributed by atoms with Crippen LogP contribution in [-0.2, 0) is 39.9 Å². The lowest BCUT2D eigenvalue weighted by Crippen LogP contribution is -2.46. The van der Waals surface area contributed by atoms with Crippen LogP contribution in [0.5, 0.6) is 0 Å². The Bertz CT molecular complexity index is 1740. The maximum Gasteiger partial charge on any atom is 0.327 e. The van der Waals surface area contributed by atoms with Crippen LogP contribution >= 0.6 is 11.8 Å². The number of hydrogen-bond donors (Lipinski definition) is 4. The van der Waals surface area contributed by atoms with Gasteiger partial charge in [0.05, 0.1) is 64.6 Å². The molecule has 0 bridgehead atoms. The summed E-state index contributed by atoms with van der Waals surface area (Å²) in [5.74, 6) is -2.89. The van der Waals surface area contributed by atoms with Crippen LogP contribution in [0, 0.1) is 23.0 Å². The highest BCUT2D eigenvalue weighted by Crippen LogP contribution is 2.42. The molecule has 1 unspecified atom stereocenters. The van der Waals surface area contributed by atoms with E-state index in [9.17, 15) is 23.9 Å². The molecule has 1 aliphatic rings. The van der Waals surface area contributed by atoms with Crippen molar-refractivity contribution in [2.75, 3.05) is 90.5 Å². The SMILES string of the molecule is CC(C)(C)[C@H](c1cc(-c2cc(F)ccc2F)cn1Cc1ccccc1)N(CC1CCNC1)C(=O)CSC[C@H](NC(=O)CCOCCOCCOCCOCCN)C(=O)O. The average Bonchev–Trinajstić information content (AvgIpc) is 3.87. The first kappa shape index (κ1) is 47.8. The highest BCUT2D eigenvalue weighted by Gasteiger charge is 2.39. The molecule has 2 heterocycles. The molecule has 4 rings (SSSR count). The lowest BCUT2D eigenvalue weighted by molar-refractivity contribution is -0.141. The van der Waals surface area contributed by atoms with Gasteiger partial charge in [0.25, 0.3) is 0 Å². The van der Waals surface area contributed by atoms with Gasteiger partial charge in [-0.1, -0.05) is 51.1 Å². The van der Waals surface area contributed by atoms with E-state index in [1.807, 2.05) is 72.8 Å². The Hall–Kier alpha value is -3.90. The Morgan fingerprint density at radius 1 is 0.966 bits per heavy atom. The topological polar surface area (TPSA) is 167 Å². The maximum atomic E-state index is 15.2. The Labute approximate surface area is 350 Å². The maximum absolute atomic E-state index is 15.2. The first-order valence-corrected chi connectivity index (χ1v) is 21.3. The Morgan fingerprint density at radius 2 is 1.63 bits per heavy atom. The number of rotatable bonds is 27. The van der Waals surface area contributed by atoms with Gasteiger partial charge in [-0.05, 0) is 60.7 Å². The van der Waals surface area contributed by atoms with Gasteiger partial charge in [-0.3, -0.25) is 9.59 Å². The smallest absolute Gasteiger partial charge is 0.327 e. The van der Waals surface area contributed by atoms with Crippen LogP contribution in [0.1, 0.15) is 50.9 Å². The van der Waals surface area contributed by atoms with E-state index < -0.39 is 41.0 Å². The monoisotopic (exact) mass is 845 g/mol. The normalized spacial score (nSPS) is 15.3. The molecule has 2 aromatic carbocycles. The van der Waals surface area contributed by atoms with Crippen molar-refractivity contribution in [1.29, 1.82) is 0 Å². The first-order chi connectivity index (χ1) is 28.4. The fraction of sp³-hybridized carbons (Fsp3) is 0.558. The number of nitrogens with one attached hydrogen (secondary N) is 2. The molecule has 0 aliphatic carbocycles. The van der Waals surface area contributed by atoms with E-state index in [0.717, 1.165) is 54.7 Å². The minimum Gasteiger partial charge on any atom is -0.480 e. The molecule has 326 valence electrons. The number of hydrogen-bond acceptors (Lipinski definition) is 10. The zero-order chi connectivity index (χ0) is 42.6. The first-order valence-electron chi connectivity index (χ1n) is 20.2. The number of thioether (sulfide) groups is 1. The highest BCUT2D eigenvalue weighted by molar-refractivity contribution is 8.00. The molecule has 0 spiro atoms. The molecule has 13 nitrogen and oxygen atoms in total. The summed E-state index contributed by atoms with van der Waals surface area (Å²) in [7, 11) is 0. The van der Waals surface area contributed by atoms with E-state index >= 15 is 4.39 Å². The van der Waals surface area contributed by atoms with Crippen molar-refractivity contribution >= 4 is 29.5 Å². The third-order valence-electron chi connectivity index (χ3n) is 9.71. The van der Waals surface area contributed by atoms with Gasteiger partial charge in [-0.2, -0.15) is 0 Å². The molecule has 5 N–H and O–H groups in total. The Balaban J connectivity index is 1.40. The second kappa shape index (κ2) is 25.0. The third-order valence-corrected chi connectivity index (χ3v) is 10.7. The summed E-state index contributed by atoms with van der Waals surface area (Å²) in [6.45, 7) is 11.9. The number of halogens is 2. The van der Waals surface area contributed by atoms with Crippen molar-refractivity contribution in [3.8, 4) is 11.1 Å². The van der Waals surface area contributed by atoms with Crippen LogP contribution in [-0.4, -0.2) is 129 Å². The molecular formula is C43H61F2N5O8S. The number of aliphatic carboxylic acids is 1. The van der Waals surface area contributed by atoms with Gasteiger partial charge in [0, 0.05) is 54.8 Å². The molecule has 1 aromatic heterocycles. The minimum absolute atomic E-state index is 0.0326. The number of nitrogens with zero attached hydrogens (tertiary/aromatic N) is 2. The summed E-state index contributed by atoms with van der Waals surface area (Å²) >= 11 is 1.14. The number of benzene rings is 2. The molecule has 1 fully saturated rings. The number of carboxylic acid groups (broad SMARTS) is 1. The van der Waals surface area contributed by atoms with E-state index in [4.69, 9.17) is 24.7 Å². The summed E-state index contributed by atoms with van der Waals surface area (Å²) < 4.78 is 53.2.